The molecule has 8 nitrogen and oxygen atoms in total. The summed E-state index contributed by atoms with van der Waals surface area (Å²) >= 11 is 0. The summed E-state index contributed by atoms with van der Waals surface area (Å²) in [5, 5.41) is 7.81. The van der Waals surface area contributed by atoms with Crippen LogP contribution in [-0.2, 0) is 4.74 Å². The molecule has 0 amide bonds. The van der Waals surface area contributed by atoms with Crippen LogP contribution in [0.1, 0.15) is 25.5 Å². The van der Waals surface area contributed by atoms with E-state index in [0.717, 1.165) is 42.2 Å². The largest absolute Gasteiger partial charge is 0.374 e. The summed E-state index contributed by atoms with van der Waals surface area (Å²) in [4.78, 5) is 15.8. The van der Waals surface area contributed by atoms with E-state index in [0.29, 0.717) is 23.9 Å². The first-order valence-electron chi connectivity index (χ1n) is 11.1. The Labute approximate surface area is 191 Å². The summed E-state index contributed by atoms with van der Waals surface area (Å²) in [6.07, 6.45) is 1.52. The highest BCUT2D eigenvalue weighted by Gasteiger charge is 2.18. The van der Waals surface area contributed by atoms with Gasteiger partial charge in [0.2, 0.25) is 12.4 Å². The number of aromatic nitrogens is 4. The average molecular weight is 458 g/mol. The highest BCUT2D eigenvalue weighted by Crippen LogP contribution is 2.27. The van der Waals surface area contributed by atoms with E-state index >= 15 is 0 Å². The molecule has 0 aromatic carbocycles. The van der Waals surface area contributed by atoms with Crippen LogP contribution in [0.3, 0.4) is 0 Å². The maximum atomic E-state index is 12.4. The molecule has 0 bridgehead atoms. The number of nitrogens with zero attached hydrogens (tertiary/aromatic N) is 6. The van der Waals surface area contributed by atoms with Gasteiger partial charge in [0.05, 0.1) is 41.5 Å². The fourth-order valence-corrected chi connectivity index (χ4v) is 3.79. The van der Waals surface area contributed by atoms with Crippen LogP contribution < -0.4 is 5.32 Å². The van der Waals surface area contributed by atoms with E-state index in [-0.39, 0.29) is 18.9 Å². The molecule has 1 atom stereocenters. The van der Waals surface area contributed by atoms with E-state index in [1.807, 2.05) is 31.3 Å². The molecule has 3 aromatic heterocycles. The van der Waals surface area contributed by atoms with Crippen molar-refractivity contribution in [1.82, 2.24) is 24.5 Å². The molecule has 10 heteroatoms. The Balaban J connectivity index is 1.47. The number of ether oxygens (including phenoxy) is 1. The fraction of sp³-hybridized carbons (Fsp3) is 0.478. The van der Waals surface area contributed by atoms with Gasteiger partial charge < -0.3 is 15.0 Å². The van der Waals surface area contributed by atoms with Gasteiger partial charge in [-0.1, -0.05) is 0 Å². The maximum absolute atomic E-state index is 12.4. The van der Waals surface area contributed by atoms with Gasteiger partial charge in [-0.2, -0.15) is 0 Å². The van der Waals surface area contributed by atoms with Crippen LogP contribution in [0.4, 0.5) is 20.4 Å². The molecule has 1 fully saturated rings. The molecular formula is C23H29F2N7O. The first-order valence-corrected chi connectivity index (χ1v) is 11.1. The number of nitrogens with one attached hydrogen (secondary N) is 1. The number of hydrogen-bond donors (Lipinski definition) is 1. The molecule has 33 heavy (non-hydrogen) atoms. The van der Waals surface area contributed by atoms with Crippen LogP contribution in [0.5, 0.6) is 0 Å². The van der Waals surface area contributed by atoms with Crippen LogP contribution >= 0.6 is 0 Å². The fourth-order valence-electron chi connectivity index (χ4n) is 3.79. The number of fused-ring (bicyclic) bond motifs is 1. The van der Waals surface area contributed by atoms with Gasteiger partial charge >= 0.3 is 0 Å². The smallest absolute Gasteiger partial charge is 0.241 e. The molecule has 1 N–H and O–H groups in total. The second kappa shape index (κ2) is 10.3. The molecule has 0 radical (unpaired) electrons. The normalized spacial score (nSPS) is 17.8. The van der Waals surface area contributed by atoms with Crippen molar-refractivity contribution in [2.24, 2.45) is 4.99 Å². The molecule has 0 spiro atoms. The molecule has 0 aliphatic carbocycles. The zero-order valence-corrected chi connectivity index (χ0v) is 19.1. The van der Waals surface area contributed by atoms with Crippen LogP contribution in [0, 0.1) is 6.92 Å². The summed E-state index contributed by atoms with van der Waals surface area (Å²) in [5.74, 6) is 0.537. The van der Waals surface area contributed by atoms with E-state index < -0.39 is 6.43 Å². The molecule has 0 saturated carbocycles. The zero-order chi connectivity index (χ0) is 23.4. The topological polar surface area (TPSA) is 79.9 Å². The van der Waals surface area contributed by atoms with Crippen molar-refractivity contribution in [3.8, 4) is 11.3 Å². The predicted molar refractivity (Wildman–Crippen MR) is 125 cm³/mol. The van der Waals surface area contributed by atoms with Crippen molar-refractivity contribution in [3.05, 3.63) is 36.3 Å². The van der Waals surface area contributed by atoms with E-state index in [2.05, 4.69) is 37.3 Å². The number of halogens is 2. The highest BCUT2D eigenvalue weighted by atomic mass is 19.3. The third-order valence-corrected chi connectivity index (χ3v) is 5.62. The Morgan fingerprint density at radius 1 is 1.33 bits per heavy atom. The Morgan fingerprint density at radius 2 is 2.18 bits per heavy atom. The minimum Gasteiger partial charge on any atom is -0.374 e. The van der Waals surface area contributed by atoms with Crippen molar-refractivity contribution >= 4 is 22.9 Å². The Morgan fingerprint density at radius 3 is 2.94 bits per heavy atom. The first-order chi connectivity index (χ1) is 15.9. The van der Waals surface area contributed by atoms with Gasteiger partial charge in [-0.05, 0) is 45.5 Å². The lowest BCUT2D eigenvalue weighted by molar-refractivity contribution is -0.0118. The van der Waals surface area contributed by atoms with Gasteiger partial charge in [0.1, 0.15) is 0 Å². The second-order valence-electron chi connectivity index (χ2n) is 8.35. The van der Waals surface area contributed by atoms with E-state index in [1.54, 1.807) is 17.6 Å². The van der Waals surface area contributed by atoms with Crippen molar-refractivity contribution in [2.75, 3.05) is 38.6 Å². The van der Waals surface area contributed by atoms with Gasteiger partial charge in [0.15, 0.2) is 0 Å². The third kappa shape index (κ3) is 5.88. The molecule has 1 saturated heterocycles. The lowest BCUT2D eigenvalue weighted by Crippen LogP contribution is -2.43. The number of alkyl halides is 2. The number of aryl methyl sites for hydroxylation is 1. The standard InChI is InChI=1S/C23H29F2N7O/c1-15(4-7-22(24)25)28-19-5-6-20(29-16(19)2)18-8-9-32-21(18)13-27-23(30-32)26-12-17-14-31(3)10-11-33-17/h5-6,8-9,13,17,22H,4,7,10-12,14H2,1-3H3,(H,26,30). The molecule has 1 aliphatic rings. The second-order valence-corrected chi connectivity index (χ2v) is 8.35. The van der Waals surface area contributed by atoms with E-state index in [4.69, 9.17) is 4.74 Å². The lowest BCUT2D eigenvalue weighted by Gasteiger charge is -2.30. The molecule has 4 rings (SSSR count). The third-order valence-electron chi connectivity index (χ3n) is 5.62. The van der Waals surface area contributed by atoms with Gasteiger partial charge in [0, 0.05) is 43.5 Å². The monoisotopic (exact) mass is 457 g/mol. The summed E-state index contributed by atoms with van der Waals surface area (Å²) in [6.45, 7) is 6.83. The predicted octanol–water partition coefficient (Wildman–Crippen LogP) is 3.98. The summed E-state index contributed by atoms with van der Waals surface area (Å²) in [7, 11) is 2.09. The minimum atomic E-state index is -2.32. The highest BCUT2D eigenvalue weighted by molar-refractivity contribution is 5.85. The Bertz CT molecular complexity index is 1130. The number of rotatable bonds is 8. The molecule has 4 heterocycles. The molecular weight excluding hydrogens is 428 g/mol. The first kappa shape index (κ1) is 23.2. The van der Waals surface area contributed by atoms with Gasteiger partial charge in [-0.25, -0.2) is 18.3 Å². The van der Waals surface area contributed by atoms with Crippen molar-refractivity contribution < 1.29 is 13.5 Å². The summed E-state index contributed by atoms with van der Waals surface area (Å²) < 4.78 is 32.4. The van der Waals surface area contributed by atoms with Crippen LogP contribution in [0.2, 0.25) is 0 Å². The van der Waals surface area contributed by atoms with Gasteiger partial charge in [-0.3, -0.25) is 9.98 Å². The quantitative estimate of drug-likeness (QED) is 0.516. The Hall–Kier alpha value is -2.98. The maximum Gasteiger partial charge on any atom is 0.241 e. The van der Waals surface area contributed by atoms with Gasteiger partial charge in [0.25, 0.3) is 0 Å². The number of likely N-dealkylation sites (N-methyl/N-ethyl adjacent to an activating group) is 1. The van der Waals surface area contributed by atoms with Crippen LogP contribution in [0.25, 0.3) is 16.8 Å². The summed E-state index contributed by atoms with van der Waals surface area (Å²) in [6, 6.07) is 5.70. The van der Waals surface area contributed by atoms with Crippen LogP contribution in [-0.4, -0.2) is 76.0 Å². The molecule has 1 aliphatic heterocycles. The number of anilines is 1. The minimum absolute atomic E-state index is 0.107. The van der Waals surface area contributed by atoms with E-state index in [1.165, 1.54) is 0 Å². The van der Waals surface area contributed by atoms with E-state index in [9.17, 15) is 8.78 Å². The molecule has 1 unspecified atom stereocenters. The number of hydrogen-bond acceptors (Lipinski definition) is 7. The van der Waals surface area contributed by atoms with Crippen molar-refractivity contribution in [3.63, 3.8) is 0 Å². The summed E-state index contributed by atoms with van der Waals surface area (Å²) in [5.41, 5.74) is 4.62. The Kier molecular flexibility index (Phi) is 7.24. The number of morpholine rings is 1. The molecule has 3 aromatic rings. The van der Waals surface area contributed by atoms with Crippen molar-refractivity contribution in [1.29, 1.82) is 0 Å². The number of pyridine rings is 1. The zero-order valence-electron chi connectivity index (χ0n) is 19.1. The number of aliphatic imine (C=N–C) groups is 1. The lowest BCUT2D eigenvalue weighted by atomic mass is 10.1. The van der Waals surface area contributed by atoms with Crippen LogP contribution in [0.15, 0.2) is 35.6 Å². The van der Waals surface area contributed by atoms with Crippen molar-refractivity contribution in [2.45, 2.75) is 39.2 Å². The van der Waals surface area contributed by atoms with Gasteiger partial charge in [-0.15, -0.1) is 5.10 Å². The molecule has 176 valence electrons. The average Bonchev–Trinajstić information content (AvgIpc) is 3.21. The SMILES string of the molecule is CC(CCC(F)F)=Nc1ccc(-c2ccn3nc(NCC4CN(C)CCO4)ncc23)nc1C.